The van der Waals surface area contributed by atoms with E-state index in [9.17, 15) is 0 Å². The Morgan fingerprint density at radius 1 is 1.24 bits per heavy atom. The van der Waals surface area contributed by atoms with Crippen molar-refractivity contribution in [3.8, 4) is 17.2 Å². The van der Waals surface area contributed by atoms with E-state index in [1.165, 1.54) is 5.56 Å². The molecule has 1 saturated heterocycles. The van der Waals surface area contributed by atoms with Crippen LogP contribution < -0.4 is 19.5 Å². The van der Waals surface area contributed by atoms with Crippen molar-refractivity contribution < 1.29 is 14.2 Å². The first-order valence-corrected chi connectivity index (χ1v) is 7.51. The number of rotatable bonds is 6. The molecule has 1 aliphatic rings. The Hall–Kier alpha value is -1.46. The second-order valence-corrected chi connectivity index (χ2v) is 5.35. The Morgan fingerprint density at radius 2 is 1.90 bits per heavy atom. The molecule has 118 valence electrons. The molecule has 0 bridgehead atoms. The average molecular weight is 294 g/mol. The van der Waals surface area contributed by atoms with Crippen molar-refractivity contribution in [1.29, 1.82) is 0 Å². The summed E-state index contributed by atoms with van der Waals surface area (Å²) >= 11 is 0. The van der Waals surface area contributed by atoms with Gasteiger partial charge in [-0.3, -0.25) is 4.90 Å². The molecule has 0 unspecified atom stereocenters. The number of piperazine rings is 1. The van der Waals surface area contributed by atoms with Gasteiger partial charge < -0.3 is 19.5 Å². The zero-order valence-corrected chi connectivity index (χ0v) is 13.4. The van der Waals surface area contributed by atoms with E-state index in [-0.39, 0.29) is 0 Å². The van der Waals surface area contributed by atoms with Gasteiger partial charge in [0, 0.05) is 32.2 Å². The van der Waals surface area contributed by atoms with Crippen LogP contribution in [0.4, 0.5) is 0 Å². The van der Waals surface area contributed by atoms with Crippen molar-refractivity contribution in [3.05, 3.63) is 17.7 Å². The summed E-state index contributed by atoms with van der Waals surface area (Å²) in [4.78, 5) is 2.44. The van der Waals surface area contributed by atoms with Crippen LogP contribution in [0.5, 0.6) is 17.2 Å². The molecule has 1 atom stereocenters. The number of nitrogens with one attached hydrogen (secondary N) is 1. The predicted molar refractivity (Wildman–Crippen MR) is 83.5 cm³/mol. The lowest BCUT2D eigenvalue weighted by Gasteiger charge is -2.32. The first kappa shape index (κ1) is 15.9. The fourth-order valence-electron chi connectivity index (χ4n) is 2.73. The van der Waals surface area contributed by atoms with Crippen LogP contribution in [0.2, 0.25) is 0 Å². The van der Waals surface area contributed by atoms with Crippen LogP contribution in [0.25, 0.3) is 0 Å². The van der Waals surface area contributed by atoms with Crippen LogP contribution in [0.1, 0.15) is 19.4 Å². The molecule has 1 N–H and O–H groups in total. The van der Waals surface area contributed by atoms with Gasteiger partial charge in [-0.2, -0.15) is 0 Å². The highest BCUT2D eigenvalue weighted by Gasteiger charge is 2.18. The summed E-state index contributed by atoms with van der Waals surface area (Å²) in [7, 11) is 3.32. The van der Waals surface area contributed by atoms with Gasteiger partial charge in [0.1, 0.15) is 0 Å². The van der Waals surface area contributed by atoms with E-state index in [0.29, 0.717) is 18.4 Å². The SMILES string of the molecule is CCOc1c(OC)cc(CN2CCN[C@H](C)C2)cc1OC. The van der Waals surface area contributed by atoms with Crippen molar-refractivity contribution >= 4 is 0 Å². The minimum Gasteiger partial charge on any atom is -0.493 e. The molecule has 5 nitrogen and oxygen atoms in total. The standard InChI is InChI=1S/C16H26N2O3/c1-5-21-16-14(19-3)8-13(9-15(16)20-4)11-18-7-6-17-12(2)10-18/h8-9,12,17H,5-7,10-11H2,1-4H3/t12-/m1/s1. The first-order chi connectivity index (χ1) is 10.2. The quantitative estimate of drug-likeness (QED) is 0.868. The molecule has 5 heteroatoms. The number of hydrogen-bond acceptors (Lipinski definition) is 5. The Morgan fingerprint density at radius 3 is 2.43 bits per heavy atom. The van der Waals surface area contributed by atoms with E-state index in [1.807, 2.05) is 19.1 Å². The van der Waals surface area contributed by atoms with Gasteiger partial charge in [-0.05, 0) is 31.5 Å². The first-order valence-electron chi connectivity index (χ1n) is 7.51. The van der Waals surface area contributed by atoms with E-state index in [4.69, 9.17) is 14.2 Å². The van der Waals surface area contributed by atoms with Gasteiger partial charge in [-0.25, -0.2) is 0 Å². The second-order valence-electron chi connectivity index (χ2n) is 5.35. The molecule has 1 aromatic rings. The third kappa shape index (κ3) is 4.02. The molecule has 0 radical (unpaired) electrons. The van der Waals surface area contributed by atoms with Crippen LogP contribution in [0.3, 0.4) is 0 Å². The molecule has 2 rings (SSSR count). The van der Waals surface area contributed by atoms with Gasteiger partial charge in [-0.1, -0.05) is 0 Å². The normalized spacial score (nSPS) is 19.3. The van der Waals surface area contributed by atoms with Gasteiger partial charge in [0.05, 0.1) is 20.8 Å². The third-order valence-electron chi connectivity index (χ3n) is 3.67. The number of ether oxygens (including phenoxy) is 3. The fraction of sp³-hybridized carbons (Fsp3) is 0.625. The Bertz CT molecular complexity index is 440. The lowest BCUT2D eigenvalue weighted by molar-refractivity contribution is 0.199. The summed E-state index contributed by atoms with van der Waals surface area (Å²) in [5.41, 5.74) is 1.18. The predicted octanol–water partition coefficient (Wildman–Crippen LogP) is 1.90. The summed E-state index contributed by atoms with van der Waals surface area (Å²) in [6.45, 7) is 8.79. The number of methoxy groups -OCH3 is 2. The largest absolute Gasteiger partial charge is 0.493 e. The van der Waals surface area contributed by atoms with Crippen LogP contribution in [-0.4, -0.2) is 51.4 Å². The molecule has 21 heavy (non-hydrogen) atoms. The van der Waals surface area contributed by atoms with Crippen molar-refractivity contribution in [1.82, 2.24) is 10.2 Å². The van der Waals surface area contributed by atoms with Crippen molar-refractivity contribution in [2.75, 3.05) is 40.5 Å². The highest BCUT2D eigenvalue weighted by atomic mass is 16.5. The maximum absolute atomic E-state index is 5.64. The summed E-state index contributed by atoms with van der Waals surface area (Å²) in [5, 5.41) is 3.46. The van der Waals surface area contributed by atoms with E-state index < -0.39 is 0 Å². The molecule has 0 aromatic heterocycles. The lowest BCUT2D eigenvalue weighted by Crippen LogP contribution is -2.48. The van der Waals surface area contributed by atoms with E-state index in [1.54, 1.807) is 14.2 Å². The van der Waals surface area contributed by atoms with Gasteiger partial charge >= 0.3 is 0 Å². The van der Waals surface area contributed by atoms with E-state index >= 15 is 0 Å². The fourth-order valence-corrected chi connectivity index (χ4v) is 2.73. The third-order valence-corrected chi connectivity index (χ3v) is 3.67. The van der Waals surface area contributed by atoms with Gasteiger partial charge in [0.25, 0.3) is 0 Å². The maximum Gasteiger partial charge on any atom is 0.203 e. The molecule has 0 aliphatic carbocycles. The molecule has 0 amide bonds. The zero-order valence-electron chi connectivity index (χ0n) is 13.4. The molecule has 0 spiro atoms. The van der Waals surface area contributed by atoms with Crippen molar-refractivity contribution in [2.45, 2.75) is 26.4 Å². The minimum absolute atomic E-state index is 0.533. The average Bonchev–Trinajstić information content (AvgIpc) is 2.48. The highest BCUT2D eigenvalue weighted by Crippen LogP contribution is 2.38. The van der Waals surface area contributed by atoms with Crippen LogP contribution in [0, 0.1) is 0 Å². The molecule has 0 saturated carbocycles. The summed E-state index contributed by atoms with van der Waals surface area (Å²) in [6.07, 6.45) is 0. The highest BCUT2D eigenvalue weighted by molar-refractivity contribution is 5.53. The number of benzene rings is 1. The van der Waals surface area contributed by atoms with E-state index in [2.05, 4.69) is 17.1 Å². The van der Waals surface area contributed by atoms with E-state index in [0.717, 1.165) is 37.7 Å². The second kappa shape index (κ2) is 7.52. The van der Waals surface area contributed by atoms with Gasteiger partial charge in [-0.15, -0.1) is 0 Å². The molecule has 1 fully saturated rings. The summed E-state index contributed by atoms with van der Waals surface area (Å²) in [5.74, 6) is 2.14. The zero-order chi connectivity index (χ0) is 15.2. The summed E-state index contributed by atoms with van der Waals surface area (Å²) in [6, 6.07) is 4.62. The van der Waals surface area contributed by atoms with Crippen LogP contribution in [-0.2, 0) is 6.54 Å². The lowest BCUT2D eigenvalue weighted by atomic mass is 10.1. The monoisotopic (exact) mass is 294 g/mol. The maximum atomic E-state index is 5.64. The molecule has 1 aromatic carbocycles. The molecule has 1 heterocycles. The Labute approximate surface area is 127 Å². The molecular formula is C16H26N2O3. The Balaban J connectivity index is 2.19. The Kier molecular flexibility index (Phi) is 5.70. The topological polar surface area (TPSA) is 43.0 Å². The van der Waals surface area contributed by atoms with Gasteiger partial charge in [0.15, 0.2) is 11.5 Å². The molecule has 1 aliphatic heterocycles. The smallest absolute Gasteiger partial charge is 0.203 e. The molecular weight excluding hydrogens is 268 g/mol. The van der Waals surface area contributed by atoms with Gasteiger partial charge in [0.2, 0.25) is 5.75 Å². The number of nitrogens with zero attached hydrogens (tertiary/aromatic N) is 1. The van der Waals surface area contributed by atoms with Crippen LogP contribution >= 0.6 is 0 Å². The van der Waals surface area contributed by atoms with Crippen LogP contribution in [0.15, 0.2) is 12.1 Å². The van der Waals surface area contributed by atoms with Crippen molar-refractivity contribution in [3.63, 3.8) is 0 Å². The number of hydrogen-bond donors (Lipinski definition) is 1. The van der Waals surface area contributed by atoms with Crippen molar-refractivity contribution in [2.24, 2.45) is 0 Å². The summed E-state index contributed by atoms with van der Waals surface area (Å²) < 4.78 is 16.5. The minimum atomic E-state index is 0.533.